The maximum absolute atomic E-state index is 14.0. The van der Waals surface area contributed by atoms with Crippen molar-refractivity contribution in [1.82, 2.24) is 10.2 Å². The lowest BCUT2D eigenvalue weighted by molar-refractivity contribution is -0.132. The smallest absolute Gasteiger partial charge is 0.252 e. The van der Waals surface area contributed by atoms with Crippen molar-refractivity contribution in [2.75, 3.05) is 7.05 Å². The summed E-state index contributed by atoms with van der Waals surface area (Å²) in [5.41, 5.74) is 1.21. The van der Waals surface area contributed by atoms with Gasteiger partial charge in [0.15, 0.2) is 0 Å². The number of nitrogens with one attached hydrogen (secondary N) is 1. The van der Waals surface area contributed by atoms with E-state index in [1.54, 1.807) is 54.6 Å². The largest absolute Gasteiger partial charge is 0.339 e. The van der Waals surface area contributed by atoms with Gasteiger partial charge in [-0.1, -0.05) is 54.6 Å². The minimum Gasteiger partial charge on any atom is -0.339 e. The van der Waals surface area contributed by atoms with Gasteiger partial charge in [0.2, 0.25) is 5.91 Å². The van der Waals surface area contributed by atoms with Gasteiger partial charge in [0.05, 0.1) is 0 Å². The fourth-order valence-corrected chi connectivity index (χ4v) is 2.94. The Hall–Kier alpha value is -3.54. The Morgan fingerprint density at radius 2 is 1.55 bits per heavy atom. The maximum Gasteiger partial charge on any atom is 0.252 e. The molecular weight excluding hydrogens is 374 g/mol. The van der Waals surface area contributed by atoms with Gasteiger partial charge in [0.25, 0.3) is 5.91 Å². The van der Waals surface area contributed by atoms with Crippen LogP contribution in [0.2, 0.25) is 0 Å². The van der Waals surface area contributed by atoms with Crippen molar-refractivity contribution in [2.45, 2.75) is 12.6 Å². The molecular formula is C23H20F2N2O2. The predicted molar refractivity (Wildman–Crippen MR) is 106 cm³/mol. The number of nitrogens with zero attached hydrogens (tertiary/aromatic N) is 1. The maximum atomic E-state index is 14.0. The van der Waals surface area contributed by atoms with Crippen LogP contribution in [0, 0.1) is 11.6 Å². The van der Waals surface area contributed by atoms with E-state index in [0.717, 1.165) is 12.1 Å². The van der Waals surface area contributed by atoms with Crippen molar-refractivity contribution in [3.63, 3.8) is 0 Å². The minimum atomic E-state index is -0.947. The van der Waals surface area contributed by atoms with E-state index >= 15 is 0 Å². The van der Waals surface area contributed by atoms with Gasteiger partial charge in [-0.2, -0.15) is 0 Å². The highest BCUT2D eigenvalue weighted by atomic mass is 19.1. The van der Waals surface area contributed by atoms with E-state index in [1.807, 2.05) is 6.07 Å². The van der Waals surface area contributed by atoms with E-state index in [9.17, 15) is 18.4 Å². The van der Waals surface area contributed by atoms with Gasteiger partial charge in [-0.15, -0.1) is 0 Å². The molecule has 1 unspecified atom stereocenters. The quantitative estimate of drug-likeness (QED) is 0.685. The highest BCUT2D eigenvalue weighted by Gasteiger charge is 2.26. The van der Waals surface area contributed by atoms with Crippen molar-refractivity contribution in [1.29, 1.82) is 0 Å². The lowest BCUT2D eigenvalue weighted by Gasteiger charge is -2.25. The third-order valence-electron chi connectivity index (χ3n) is 4.49. The van der Waals surface area contributed by atoms with Crippen molar-refractivity contribution in [3.8, 4) is 0 Å². The van der Waals surface area contributed by atoms with Crippen LogP contribution in [0.4, 0.5) is 8.78 Å². The highest BCUT2D eigenvalue weighted by molar-refractivity contribution is 5.97. The summed E-state index contributed by atoms with van der Waals surface area (Å²) in [6, 6.07) is 19.7. The van der Waals surface area contributed by atoms with E-state index in [-0.39, 0.29) is 12.1 Å². The zero-order valence-corrected chi connectivity index (χ0v) is 15.8. The van der Waals surface area contributed by atoms with Crippen LogP contribution in [0.15, 0.2) is 78.9 Å². The van der Waals surface area contributed by atoms with Crippen molar-refractivity contribution in [2.24, 2.45) is 0 Å². The van der Waals surface area contributed by atoms with E-state index in [4.69, 9.17) is 0 Å². The Labute approximate surface area is 167 Å². The predicted octanol–water partition coefficient (Wildman–Crippen LogP) is 4.09. The summed E-state index contributed by atoms with van der Waals surface area (Å²) in [6.07, 6.45) is 0. The summed E-state index contributed by atoms with van der Waals surface area (Å²) < 4.78 is 27.1. The summed E-state index contributed by atoms with van der Waals surface area (Å²) >= 11 is 0. The van der Waals surface area contributed by atoms with Crippen LogP contribution < -0.4 is 5.32 Å². The Morgan fingerprint density at radius 1 is 0.931 bits per heavy atom. The molecule has 0 saturated carbocycles. The molecule has 29 heavy (non-hydrogen) atoms. The molecule has 0 aliphatic carbocycles. The fraction of sp³-hybridized carbons (Fsp3) is 0.130. The molecule has 0 fully saturated rings. The van der Waals surface area contributed by atoms with Gasteiger partial charge in [-0.3, -0.25) is 9.59 Å². The second kappa shape index (κ2) is 9.10. The molecule has 0 radical (unpaired) electrons. The second-order valence-corrected chi connectivity index (χ2v) is 6.61. The monoisotopic (exact) mass is 394 g/mol. The molecule has 0 aliphatic rings. The van der Waals surface area contributed by atoms with Crippen molar-refractivity contribution >= 4 is 11.8 Å². The molecule has 4 nitrogen and oxygen atoms in total. The minimum absolute atomic E-state index is 0.0600. The second-order valence-electron chi connectivity index (χ2n) is 6.61. The first-order valence-corrected chi connectivity index (χ1v) is 9.05. The summed E-state index contributed by atoms with van der Waals surface area (Å²) in [6.45, 7) is -0.0600. The number of halogens is 2. The zero-order valence-electron chi connectivity index (χ0n) is 15.8. The standard InChI is InChI=1S/C23H20F2N2O2/c1-27(15-18-12-13-19(24)14-20(18)25)23(29)21(16-8-4-2-5-9-16)26-22(28)17-10-6-3-7-11-17/h2-14,21H,15H2,1H3,(H,26,28). The van der Waals surface area contributed by atoms with Crippen LogP contribution in [-0.4, -0.2) is 23.8 Å². The number of hydrogen-bond acceptors (Lipinski definition) is 2. The van der Waals surface area contributed by atoms with Crippen LogP contribution in [0.3, 0.4) is 0 Å². The zero-order chi connectivity index (χ0) is 20.8. The molecule has 3 aromatic rings. The first kappa shape index (κ1) is 20.2. The molecule has 0 spiro atoms. The molecule has 0 heterocycles. The molecule has 0 aliphatic heterocycles. The SMILES string of the molecule is CN(Cc1ccc(F)cc1F)C(=O)C(NC(=O)c1ccccc1)c1ccccc1. The van der Waals surface area contributed by atoms with Crippen molar-refractivity contribution < 1.29 is 18.4 Å². The summed E-state index contributed by atoms with van der Waals surface area (Å²) in [4.78, 5) is 27.0. The van der Waals surface area contributed by atoms with Crippen LogP contribution in [0.1, 0.15) is 27.5 Å². The fourth-order valence-electron chi connectivity index (χ4n) is 2.94. The van der Waals surface area contributed by atoms with Gasteiger partial charge in [-0.05, 0) is 23.8 Å². The average molecular weight is 394 g/mol. The lowest BCUT2D eigenvalue weighted by atomic mass is 10.0. The number of likely N-dealkylation sites (N-methyl/N-ethyl adjacent to an activating group) is 1. The van der Waals surface area contributed by atoms with E-state index in [2.05, 4.69) is 5.32 Å². The average Bonchev–Trinajstić information content (AvgIpc) is 2.74. The van der Waals surface area contributed by atoms with Crippen LogP contribution in [0.5, 0.6) is 0 Å². The third-order valence-corrected chi connectivity index (χ3v) is 4.49. The summed E-state index contributed by atoms with van der Waals surface area (Å²) in [5, 5.41) is 2.76. The summed E-state index contributed by atoms with van der Waals surface area (Å²) in [7, 11) is 1.51. The number of carbonyl (C=O) groups excluding carboxylic acids is 2. The first-order valence-electron chi connectivity index (χ1n) is 9.05. The Bertz CT molecular complexity index is 994. The number of hydrogen-bond donors (Lipinski definition) is 1. The molecule has 6 heteroatoms. The van der Waals surface area contributed by atoms with E-state index in [0.29, 0.717) is 11.1 Å². The number of carbonyl (C=O) groups is 2. The normalized spacial score (nSPS) is 11.6. The highest BCUT2D eigenvalue weighted by Crippen LogP contribution is 2.19. The van der Waals surface area contributed by atoms with Crippen molar-refractivity contribution in [3.05, 3.63) is 107 Å². The van der Waals surface area contributed by atoms with Gasteiger partial charge < -0.3 is 10.2 Å². The van der Waals surface area contributed by atoms with Gasteiger partial charge in [-0.25, -0.2) is 8.78 Å². The number of benzene rings is 3. The van der Waals surface area contributed by atoms with E-state index in [1.165, 1.54) is 18.0 Å². The topological polar surface area (TPSA) is 49.4 Å². The molecule has 1 N–H and O–H groups in total. The molecule has 3 rings (SSSR count). The third kappa shape index (κ3) is 5.04. The van der Waals surface area contributed by atoms with E-state index < -0.39 is 29.5 Å². The number of amides is 2. The molecule has 0 aromatic heterocycles. The van der Waals surface area contributed by atoms with Crippen LogP contribution in [-0.2, 0) is 11.3 Å². The Morgan fingerprint density at radius 3 is 2.17 bits per heavy atom. The molecule has 2 amide bonds. The van der Waals surface area contributed by atoms with Gasteiger partial charge >= 0.3 is 0 Å². The lowest BCUT2D eigenvalue weighted by Crippen LogP contribution is -2.41. The van der Waals surface area contributed by atoms with Crippen LogP contribution >= 0.6 is 0 Å². The van der Waals surface area contributed by atoms with Gasteiger partial charge in [0.1, 0.15) is 17.7 Å². The Kier molecular flexibility index (Phi) is 6.34. The summed E-state index contributed by atoms with van der Waals surface area (Å²) in [5.74, 6) is -2.22. The van der Waals surface area contributed by atoms with Crippen LogP contribution in [0.25, 0.3) is 0 Å². The first-order chi connectivity index (χ1) is 14.0. The molecule has 1 atom stereocenters. The Balaban J connectivity index is 1.83. The molecule has 0 bridgehead atoms. The molecule has 148 valence electrons. The van der Waals surface area contributed by atoms with Gasteiger partial charge in [0, 0.05) is 30.8 Å². The molecule has 3 aromatic carbocycles. The molecule has 0 saturated heterocycles. The number of rotatable bonds is 6.